The molecule has 1 atom stereocenters. The first-order valence-electron chi connectivity index (χ1n) is 11.4. The predicted molar refractivity (Wildman–Crippen MR) is 142 cm³/mol. The van der Waals surface area contributed by atoms with E-state index in [1.54, 1.807) is 6.92 Å². The van der Waals surface area contributed by atoms with Gasteiger partial charge in [0.1, 0.15) is 5.76 Å². The fourth-order valence-electron chi connectivity index (χ4n) is 3.20. The quantitative estimate of drug-likeness (QED) is 0.0901. The molecule has 1 N–H and O–H groups in total. The van der Waals surface area contributed by atoms with E-state index in [1.807, 2.05) is 13.8 Å². The van der Waals surface area contributed by atoms with Crippen LogP contribution in [-0.4, -0.2) is 17.3 Å². The largest absolute Gasteiger partial charge is 0.527 e. The van der Waals surface area contributed by atoms with Gasteiger partial charge >= 0.3 is 7.82 Å². The van der Waals surface area contributed by atoms with Crippen molar-refractivity contribution in [1.82, 2.24) is 0 Å². The Labute approximate surface area is 202 Å². The highest BCUT2D eigenvalue weighted by molar-refractivity contribution is 7.80. The van der Waals surface area contributed by atoms with Crippen LogP contribution in [0.25, 0.3) is 0 Å². The summed E-state index contributed by atoms with van der Waals surface area (Å²) in [6.45, 7) is 20.7. The average molecular weight is 485 g/mol. The van der Waals surface area contributed by atoms with Crippen molar-refractivity contribution < 1.29 is 18.5 Å². The van der Waals surface area contributed by atoms with E-state index in [4.69, 9.17) is 9.05 Å². The second kappa shape index (κ2) is 15.0. The van der Waals surface area contributed by atoms with Crippen LogP contribution in [0.1, 0.15) is 94.9 Å². The molecule has 0 bridgehead atoms. The van der Waals surface area contributed by atoms with Crippen molar-refractivity contribution in [2.24, 2.45) is 0 Å². The van der Waals surface area contributed by atoms with Gasteiger partial charge in [0.2, 0.25) is 0 Å². The van der Waals surface area contributed by atoms with Crippen molar-refractivity contribution in [3.63, 3.8) is 0 Å². The first-order valence-corrected chi connectivity index (χ1v) is 13.6. The molecule has 0 saturated heterocycles. The van der Waals surface area contributed by atoms with Crippen LogP contribution in [0, 0.1) is 0 Å². The normalized spacial score (nSPS) is 17.7. The van der Waals surface area contributed by atoms with E-state index >= 15 is 0 Å². The minimum atomic E-state index is -4.14. The third-order valence-electron chi connectivity index (χ3n) is 6.49. The fraction of sp³-hybridized carbons (Fsp3) is 0.615. The van der Waals surface area contributed by atoms with Crippen LogP contribution in [0.5, 0.6) is 0 Å². The number of phosphoric ester groups is 1. The summed E-state index contributed by atoms with van der Waals surface area (Å²) in [7, 11) is -4.14. The Hall–Kier alpha value is -1.000. The third-order valence-corrected chi connectivity index (χ3v) is 7.82. The molecule has 0 rings (SSSR count). The molecular formula is C26H45O4PS. The van der Waals surface area contributed by atoms with Crippen LogP contribution in [0.4, 0.5) is 0 Å². The van der Waals surface area contributed by atoms with Gasteiger partial charge in [-0.15, -0.1) is 0 Å². The molecule has 0 aromatic heterocycles. The summed E-state index contributed by atoms with van der Waals surface area (Å²) in [5, 5.41) is 0. The van der Waals surface area contributed by atoms with Gasteiger partial charge in [0.05, 0.1) is 6.61 Å². The number of unbranched alkanes of at least 4 members (excludes halogenated alkanes) is 3. The average Bonchev–Trinajstić information content (AvgIpc) is 2.76. The monoisotopic (exact) mass is 484 g/mol. The Balaban J connectivity index is 5.58. The highest BCUT2D eigenvalue weighted by Crippen LogP contribution is 2.46. The molecule has 0 aliphatic heterocycles. The van der Waals surface area contributed by atoms with Gasteiger partial charge in [-0.1, -0.05) is 24.5 Å². The number of rotatable bonds is 13. The molecule has 0 aliphatic carbocycles. The lowest BCUT2D eigenvalue weighted by Crippen LogP contribution is -2.00. The Morgan fingerprint density at radius 2 is 1.19 bits per heavy atom. The van der Waals surface area contributed by atoms with Crippen molar-refractivity contribution >= 4 is 20.5 Å². The zero-order valence-electron chi connectivity index (χ0n) is 21.9. The number of phosphoric acid groups is 1. The van der Waals surface area contributed by atoms with Gasteiger partial charge in [-0.2, -0.15) is 12.6 Å². The lowest BCUT2D eigenvalue weighted by Gasteiger charge is -2.18. The summed E-state index contributed by atoms with van der Waals surface area (Å²) < 4.78 is 22.8. The van der Waals surface area contributed by atoms with Gasteiger partial charge in [0.15, 0.2) is 0 Å². The topological polar surface area (TPSA) is 55.8 Å². The van der Waals surface area contributed by atoms with E-state index in [-0.39, 0.29) is 6.61 Å². The molecule has 0 amide bonds. The van der Waals surface area contributed by atoms with Crippen molar-refractivity contribution in [3.05, 3.63) is 56.4 Å². The highest BCUT2D eigenvalue weighted by Gasteiger charge is 2.23. The van der Waals surface area contributed by atoms with Crippen LogP contribution in [0.15, 0.2) is 56.4 Å². The van der Waals surface area contributed by atoms with Crippen molar-refractivity contribution in [2.45, 2.75) is 94.9 Å². The van der Waals surface area contributed by atoms with Gasteiger partial charge in [0, 0.05) is 0 Å². The molecule has 4 nitrogen and oxygen atoms in total. The lowest BCUT2D eigenvalue weighted by molar-refractivity contribution is 0.174. The molecular weight excluding hydrogens is 439 g/mol. The van der Waals surface area contributed by atoms with Crippen molar-refractivity contribution in [2.75, 3.05) is 12.4 Å². The molecule has 32 heavy (non-hydrogen) atoms. The first-order chi connectivity index (χ1) is 14.8. The Morgan fingerprint density at radius 1 is 0.750 bits per heavy atom. The minimum absolute atomic E-state index is 0.207. The number of thiol groups is 1. The van der Waals surface area contributed by atoms with Gasteiger partial charge < -0.3 is 4.52 Å². The van der Waals surface area contributed by atoms with Crippen LogP contribution >= 0.6 is 20.5 Å². The molecule has 0 saturated carbocycles. The van der Waals surface area contributed by atoms with Crippen LogP contribution in [0.2, 0.25) is 0 Å². The standard InChI is InChI=1S/C26H45O4PS/c1-11-18(2)19(3)20(4)21(5)22(6)23(7)24(8)25(9)26(10)30-31(27,28)29-16-14-12-13-15-17-32/h11,32H,12-17H2,1-10H3,(H,27,28)/b18-11+,20-19-,22-21-,24-23+,26-25+. The Kier molecular flexibility index (Phi) is 14.5. The van der Waals surface area contributed by atoms with Crippen LogP contribution < -0.4 is 0 Å². The van der Waals surface area contributed by atoms with E-state index in [0.29, 0.717) is 5.76 Å². The second-order valence-electron chi connectivity index (χ2n) is 8.43. The first kappa shape index (κ1) is 31.0. The maximum absolute atomic E-state index is 12.3. The zero-order valence-corrected chi connectivity index (χ0v) is 23.7. The maximum atomic E-state index is 12.3. The molecule has 6 heteroatoms. The maximum Gasteiger partial charge on any atom is 0.527 e. The third kappa shape index (κ3) is 10.3. The Bertz CT molecular complexity index is 844. The lowest BCUT2D eigenvalue weighted by atomic mass is 9.90. The minimum Gasteiger partial charge on any atom is -0.409 e. The summed E-state index contributed by atoms with van der Waals surface area (Å²) in [4.78, 5) is 10.1. The highest BCUT2D eigenvalue weighted by atomic mass is 32.1. The van der Waals surface area contributed by atoms with Crippen LogP contribution in [0.3, 0.4) is 0 Å². The number of allylic oxidation sites excluding steroid dienone is 10. The molecule has 0 radical (unpaired) electrons. The van der Waals surface area contributed by atoms with Gasteiger partial charge in [0.25, 0.3) is 0 Å². The van der Waals surface area contributed by atoms with Crippen molar-refractivity contribution in [3.8, 4) is 0 Å². The molecule has 0 aliphatic rings. The predicted octanol–water partition coefficient (Wildman–Crippen LogP) is 8.88. The van der Waals surface area contributed by atoms with Crippen LogP contribution in [-0.2, 0) is 13.6 Å². The molecule has 0 heterocycles. The molecule has 184 valence electrons. The second-order valence-corrected chi connectivity index (χ2v) is 10.3. The van der Waals surface area contributed by atoms with E-state index in [1.165, 1.54) is 27.9 Å². The zero-order chi connectivity index (χ0) is 25.1. The van der Waals surface area contributed by atoms with Gasteiger partial charge in [-0.3, -0.25) is 9.42 Å². The molecule has 0 spiro atoms. The fourth-order valence-corrected chi connectivity index (χ4v) is 4.32. The van der Waals surface area contributed by atoms with Gasteiger partial charge in [-0.25, -0.2) is 4.57 Å². The number of hydrogen-bond donors (Lipinski definition) is 2. The molecule has 1 unspecified atom stereocenters. The van der Waals surface area contributed by atoms with E-state index < -0.39 is 7.82 Å². The molecule has 0 aromatic carbocycles. The van der Waals surface area contributed by atoms with E-state index in [0.717, 1.165) is 48.2 Å². The summed E-state index contributed by atoms with van der Waals surface area (Å²) in [6.07, 6.45) is 5.88. The smallest absolute Gasteiger partial charge is 0.409 e. The summed E-state index contributed by atoms with van der Waals surface area (Å²) in [5.74, 6) is 1.26. The molecule has 0 fully saturated rings. The van der Waals surface area contributed by atoms with E-state index in [9.17, 15) is 9.46 Å². The van der Waals surface area contributed by atoms with Crippen molar-refractivity contribution in [1.29, 1.82) is 0 Å². The van der Waals surface area contributed by atoms with Gasteiger partial charge in [-0.05, 0) is 127 Å². The molecule has 0 aromatic rings. The summed E-state index contributed by atoms with van der Waals surface area (Å²) in [6, 6.07) is 0. The summed E-state index contributed by atoms with van der Waals surface area (Å²) >= 11 is 4.18. The Morgan fingerprint density at radius 3 is 1.66 bits per heavy atom. The number of hydrogen-bond acceptors (Lipinski definition) is 4. The SMILES string of the molecule is C/C=C(C)/C(C)=C(C)\C(C)=C(C)/C(C)=C(C)/C(C)=C(\C)OP(=O)(O)OCCCCCCS. The van der Waals surface area contributed by atoms with E-state index in [2.05, 4.69) is 67.2 Å². The summed E-state index contributed by atoms with van der Waals surface area (Å²) in [5.41, 5.74) is 9.25.